The van der Waals surface area contributed by atoms with Crippen LogP contribution in [-0.4, -0.2) is 60.6 Å². The van der Waals surface area contributed by atoms with Crippen LogP contribution in [0.25, 0.3) is 0 Å². The Morgan fingerprint density at radius 2 is 1.78 bits per heavy atom. The maximum Gasteiger partial charge on any atom is 0.146 e. The van der Waals surface area contributed by atoms with Crippen molar-refractivity contribution in [1.29, 1.82) is 5.26 Å². The van der Waals surface area contributed by atoms with Crippen molar-refractivity contribution in [3.63, 3.8) is 0 Å². The van der Waals surface area contributed by atoms with Gasteiger partial charge in [-0.2, -0.15) is 5.26 Å². The van der Waals surface area contributed by atoms with Gasteiger partial charge in [-0.3, -0.25) is 9.80 Å². The highest BCUT2D eigenvalue weighted by atomic mass is 15.3. The zero-order valence-electron chi connectivity index (χ0n) is 15.8. The number of aromatic nitrogens is 1. The van der Waals surface area contributed by atoms with Crippen LogP contribution in [0.4, 0.5) is 5.82 Å². The van der Waals surface area contributed by atoms with Gasteiger partial charge in [-0.15, -0.1) is 0 Å². The van der Waals surface area contributed by atoms with Crippen molar-refractivity contribution in [3.8, 4) is 6.07 Å². The number of rotatable bonds is 5. The Morgan fingerprint density at radius 1 is 0.963 bits per heavy atom. The summed E-state index contributed by atoms with van der Waals surface area (Å²) in [5.41, 5.74) is 2.09. The zero-order chi connectivity index (χ0) is 18.5. The van der Waals surface area contributed by atoms with Crippen LogP contribution in [0.2, 0.25) is 0 Å². The first-order chi connectivity index (χ1) is 13.3. The summed E-state index contributed by atoms with van der Waals surface area (Å²) < 4.78 is 0. The topological polar surface area (TPSA) is 46.4 Å². The van der Waals surface area contributed by atoms with Crippen LogP contribution >= 0.6 is 0 Å². The lowest BCUT2D eigenvalue weighted by atomic mass is 10.1. The van der Waals surface area contributed by atoms with Crippen molar-refractivity contribution in [3.05, 3.63) is 59.8 Å². The van der Waals surface area contributed by atoms with E-state index >= 15 is 0 Å². The summed E-state index contributed by atoms with van der Waals surface area (Å²) in [6.45, 7) is 8.67. The molecule has 5 heteroatoms. The molecule has 1 aromatic heterocycles. The fraction of sp³-hybridized carbons (Fsp3) is 0.455. The third kappa shape index (κ3) is 4.47. The molecule has 2 saturated heterocycles. The molecule has 3 heterocycles. The Labute approximate surface area is 161 Å². The molecule has 0 spiro atoms. The van der Waals surface area contributed by atoms with Gasteiger partial charge in [-0.05, 0) is 36.6 Å². The lowest BCUT2D eigenvalue weighted by molar-refractivity contribution is 0.213. The van der Waals surface area contributed by atoms with Gasteiger partial charge in [0.15, 0.2) is 0 Å². The number of hydrogen-bond donors (Lipinski definition) is 0. The molecule has 2 aliphatic heterocycles. The van der Waals surface area contributed by atoms with Gasteiger partial charge in [0.25, 0.3) is 0 Å². The van der Waals surface area contributed by atoms with Crippen LogP contribution in [0.3, 0.4) is 0 Å². The highest BCUT2D eigenvalue weighted by Gasteiger charge is 2.27. The maximum atomic E-state index is 9.29. The van der Waals surface area contributed by atoms with Gasteiger partial charge >= 0.3 is 0 Å². The summed E-state index contributed by atoms with van der Waals surface area (Å²) in [6, 6.07) is 16.7. The number of pyridine rings is 1. The van der Waals surface area contributed by atoms with Crippen LogP contribution < -0.4 is 4.90 Å². The summed E-state index contributed by atoms with van der Waals surface area (Å²) in [4.78, 5) is 11.9. The van der Waals surface area contributed by atoms with Crippen LogP contribution in [0.1, 0.15) is 17.5 Å². The number of benzene rings is 1. The molecule has 2 aromatic rings. The van der Waals surface area contributed by atoms with E-state index in [-0.39, 0.29) is 0 Å². The normalized spacial score (nSPS) is 21.3. The van der Waals surface area contributed by atoms with E-state index in [0.717, 1.165) is 44.5 Å². The maximum absolute atomic E-state index is 9.29. The Morgan fingerprint density at radius 3 is 2.56 bits per heavy atom. The number of hydrogen-bond acceptors (Lipinski definition) is 5. The van der Waals surface area contributed by atoms with Crippen molar-refractivity contribution < 1.29 is 0 Å². The number of piperazine rings is 1. The van der Waals surface area contributed by atoms with Crippen molar-refractivity contribution in [1.82, 2.24) is 14.8 Å². The monoisotopic (exact) mass is 361 g/mol. The van der Waals surface area contributed by atoms with Crippen molar-refractivity contribution in [2.24, 2.45) is 5.92 Å². The number of nitrogens with zero attached hydrogens (tertiary/aromatic N) is 5. The summed E-state index contributed by atoms with van der Waals surface area (Å²) in [5.74, 6) is 1.61. The van der Waals surface area contributed by atoms with E-state index in [1.807, 2.05) is 12.1 Å². The quantitative estimate of drug-likeness (QED) is 0.819. The third-order valence-electron chi connectivity index (χ3n) is 5.71. The average molecular weight is 361 g/mol. The van der Waals surface area contributed by atoms with Crippen molar-refractivity contribution in [2.75, 3.05) is 50.7 Å². The minimum Gasteiger partial charge on any atom is -0.353 e. The Bertz CT molecular complexity index is 777. The van der Waals surface area contributed by atoms with Gasteiger partial charge in [0, 0.05) is 52.0 Å². The van der Waals surface area contributed by atoms with Gasteiger partial charge < -0.3 is 4.90 Å². The molecule has 1 aromatic carbocycles. The third-order valence-corrected chi connectivity index (χ3v) is 5.71. The number of likely N-dealkylation sites (tertiary alicyclic amines) is 1. The molecule has 0 amide bonds. The van der Waals surface area contributed by atoms with E-state index in [9.17, 15) is 5.26 Å². The van der Waals surface area contributed by atoms with Crippen LogP contribution in [-0.2, 0) is 6.54 Å². The van der Waals surface area contributed by atoms with Crippen molar-refractivity contribution >= 4 is 5.82 Å². The molecule has 0 N–H and O–H groups in total. The van der Waals surface area contributed by atoms with Gasteiger partial charge in [0.2, 0.25) is 0 Å². The summed E-state index contributed by atoms with van der Waals surface area (Å²) >= 11 is 0. The minimum atomic E-state index is 0.679. The van der Waals surface area contributed by atoms with E-state index in [2.05, 4.69) is 56.1 Å². The van der Waals surface area contributed by atoms with Gasteiger partial charge in [0.05, 0.1) is 5.56 Å². The minimum absolute atomic E-state index is 0.679. The second-order valence-corrected chi connectivity index (χ2v) is 7.65. The summed E-state index contributed by atoms with van der Waals surface area (Å²) in [5, 5.41) is 9.29. The Hall–Kier alpha value is -2.42. The van der Waals surface area contributed by atoms with Crippen LogP contribution in [0.5, 0.6) is 0 Å². The molecule has 1 atom stereocenters. The first kappa shape index (κ1) is 18.0. The Kier molecular flexibility index (Phi) is 5.66. The molecule has 2 fully saturated rings. The molecule has 5 nitrogen and oxygen atoms in total. The predicted octanol–water partition coefficient (Wildman–Crippen LogP) is 2.60. The highest BCUT2D eigenvalue weighted by molar-refractivity contribution is 5.53. The van der Waals surface area contributed by atoms with E-state index in [1.54, 1.807) is 6.20 Å². The van der Waals surface area contributed by atoms with E-state index in [0.29, 0.717) is 5.56 Å². The van der Waals surface area contributed by atoms with Crippen LogP contribution in [0.15, 0.2) is 48.7 Å². The van der Waals surface area contributed by atoms with E-state index in [1.165, 1.54) is 31.6 Å². The summed E-state index contributed by atoms with van der Waals surface area (Å²) in [6.07, 6.45) is 3.08. The fourth-order valence-electron chi connectivity index (χ4n) is 4.29. The summed E-state index contributed by atoms with van der Waals surface area (Å²) in [7, 11) is 0. The first-order valence-electron chi connectivity index (χ1n) is 9.90. The van der Waals surface area contributed by atoms with Gasteiger partial charge in [-0.1, -0.05) is 30.3 Å². The molecule has 0 aliphatic carbocycles. The molecule has 140 valence electrons. The second kappa shape index (κ2) is 8.51. The van der Waals surface area contributed by atoms with E-state index < -0.39 is 0 Å². The van der Waals surface area contributed by atoms with Gasteiger partial charge in [0.1, 0.15) is 11.9 Å². The highest BCUT2D eigenvalue weighted by Crippen LogP contribution is 2.22. The lowest BCUT2D eigenvalue weighted by Crippen LogP contribution is -2.48. The van der Waals surface area contributed by atoms with E-state index in [4.69, 9.17) is 0 Å². The molecule has 4 rings (SSSR count). The molecule has 0 radical (unpaired) electrons. The zero-order valence-corrected chi connectivity index (χ0v) is 15.8. The lowest BCUT2D eigenvalue weighted by Gasteiger charge is -2.36. The molecule has 2 aliphatic rings. The molecule has 0 saturated carbocycles. The number of nitriles is 1. The molecular weight excluding hydrogens is 334 g/mol. The molecule has 27 heavy (non-hydrogen) atoms. The second-order valence-electron chi connectivity index (χ2n) is 7.65. The van der Waals surface area contributed by atoms with Gasteiger partial charge in [-0.25, -0.2) is 4.98 Å². The molecule has 0 bridgehead atoms. The first-order valence-corrected chi connectivity index (χ1v) is 9.90. The fourth-order valence-corrected chi connectivity index (χ4v) is 4.29. The number of anilines is 1. The smallest absolute Gasteiger partial charge is 0.146 e. The SMILES string of the molecule is N#Cc1cccnc1N1CCN(C[C@H]2CCN(Cc3ccccc3)C2)CC1. The predicted molar refractivity (Wildman–Crippen MR) is 107 cm³/mol. The molecule has 0 unspecified atom stereocenters. The largest absolute Gasteiger partial charge is 0.353 e. The van der Waals surface area contributed by atoms with Crippen LogP contribution in [0, 0.1) is 17.2 Å². The Balaban J connectivity index is 1.25. The standard InChI is InChI=1S/C22H27N5/c23-15-21-7-4-9-24-22(21)27-13-11-25(12-14-27)17-20-8-10-26(18-20)16-19-5-2-1-3-6-19/h1-7,9,20H,8,10-14,16-18H2/t20-/m1/s1. The molecular formula is C22H27N5. The average Bonchev–Trinajstić information content (AvgIpc) is 3.16. The van der Waals surface area contributed by atoms with Crippen molar-refractivity contribution in [2.45, 2.75) is 13.0 Å².